The molecule has 1 amide bonds. The molecule has 2 aromatic rings. The van der Waals surface area contributed by atoms with Crippen LogP contribution in [-0.2, 0) is 27.8 Å². The summed E-state index contributed by atoms with van der Waals surface area (Å²) in [7, 11) is -3.65. The average Bonchev–Trinajstić information content (AvgIpc) is 3.20. The fraction of sp³-hybridized carbons (Fsp3) is 0.522. The summed E-state index contributed by atoms with van der Waals surface area (Å²) in [5.74, 6) is 0.628. The number of sulfonamides is 1. The lowest BCUT2D eigenvalue weighted by Gasteiger charge is -2.20. The molecule has 1 fully saturated rings. The number of benzene rings is 1. The number of thiophene rings is 1. The molecule has 7 heteroatoms. The molecular formula is C23H32N2O3S2. The number of carbonyl (C=O) groups excluding carboxylic acids is 1. The first-order valence-electron chi connectivity index (χ1n) is 10.5. The van der Waals surface area contributed by atoms with Crippen molar-refractivity contribution in [2.75, 3.05) is 6.54 Å². The highest BCUT2D eigenvalue weighted by atomic mass is 32.2. The Hall–Kier alpha value is -1.70. The second-order valence-electron chi connectivity index (χ2n) is 9.49. The Morgan fingerprint density at radius 3 is 2.53 bits per heavy atom. The molecule has 164 valence electrons. The Labute approximate surface area is 184 Å². The van der Waals surface area contributed by atoms with Crippen LogP contribution in [0.25, 0.3) is 11.1 Å². The third-order valence-corrected chi connectivity index (χ3v) is 8.28. The summed E-state index contributed by atoms with van der Waals surface area (Å²) in [4.78, 5) is 14.9. The van der Waals surface area contributed by atoms with E-state index in [1.807, 2.05) is 56.0 Å². The van der Waals surface area contributed by atoms with E-state index in [1.54, 1.807) is 0 Å². The van der Waals surface area contributed by atoms with Crippen molar-refractivity contribution in [2.45, 2.75) is 70.2 Å². The van der Waals surface area contributed by atoms with Gasteiger partial charge in [0.2, 0.25) is 5.91 Å². The predicted molar refractivity (Wildman–Crippen MR) is 123 cm³/mol. The van der Waals surface area contributed by atoms with Gasteiger partial charge < -0.3 is 4.90 Å². The molecule has 0 atom stereocenters. The van der Waals surface area contributed by atoms with E-state index in [0.29, 0.717) is 23.1 Å². The third-order valence-electron chi connectivity index (χ3n) is 4.83. The largest absolute Gasteiger partial charge is 0.338 e. The summed E-state index contributed by atoms with van der Waals surface area (Å²) in [6.07, 6.45) is 2.36. The molecule has 30 heavy (non-hydrogen) atoms. The second-order valence-corrected chi connectivity index (χ2v) is 12.5. The van der Waals surface area contributed by atoms with E-state index in [4.69, 9.17) is 0 Å². The lowest BCUT2D eigenvalue weighted by Crippen LogP contribution is -2.40. The minimum atomic E-state index is -3.65. The van der Waals surface area contributed by atoms with E-state index in [1.165, 1.54) is 11.3 Å². The van der Waals surface area contributed by atoms with E-state index in [9.17, 15) is 13.2 Å². The van der Waals surface area contributed by atoms with Gasteiger partial charge in [0.1, 0.15) is 4.21 Å². The Morgan fingerprint density at radius 1 is 1.20 bits per heavy atom. The molecule has 5 nitrogen and oxygen atoms in total. The number of nitrogens with zero attached hydrogens (tertiary/aromatic N) is 1. The first-order chi connectivity index (χ1) is 13.9. The van der Waals surface area contributed by atoms with Crippen LogP contribution in [-0.4, -0.2) is 31.3 Å². The molecule has 0 aliphatic carbocycles. The Bertz CT molecular complexity index is 1020. The van der Waals surface area contributed by atoms with Crippen LogP contribution < -0.4 is 4.72 Å². The van der Waals surface area contributed by atoms with Crippen LogP contribution in [0.2, 0.25) is 0 Å². The molecule has 0 unspecified atom stereocenters. The van der Waals surface area contributed by atoms with Gasteiger partial charge in [-0.15, -0.1) is 11.3 Å². The van der Waals surface area contributed by atoms with Gasteiger partial charge in [-0.1, -0.05) is 32.0 Å². The maximum atomic E-state index is 13.2. The van der Waals surface area contributed by atoms with Gasteiger partial charge in [0.15, 0.2) is 0 Å². The molecule has 3 rings (SSSR count). The van der Waals surface area contributed by atoms with Gasteiger partial charge in [0, 0.05) is 35.5 Å². The van der Waals surface area contributed by atoms with Gasteiger partial charge in [-0.25, -0.2) is 13.1 Å². The van der Waals surface area contributed by atoms with Crippen LogP contribution in [0.3, 0.4) is 0 Å². The van der Waals surface area contributed by atoms with Crippen LogP contribution >= 0.6 is 11.3 Å². The monoisotopic (exact) mass is 448 g/mol. The van der Waals surface area contributed by atoms with Crippen molar-refractivity contribution in [3.05, 3.63) is 40.8 Å². The Kier molecular flexibility index (Phi) is 6.75. The van der Waals surface area contributed by atoms with Gasteiger partial charge in [-0.05, 0) is 62.8 Å². The number of amides is 1. The zero-order chi connectivity index (χ0) is 22.1. The van der Waals surface area contributed by atoms with Gasteiger partial charge in [-0.2, -0.15) is 0 Å². The maximum absolute atomic E-state index is 13.2. The highest BCUT2D eigenvalue weighted by Crippen LogP contribution is 2.37. The zero-order valence-electron chi connectivity index (χ0n) is 18.5. The predicted octanol–water partition coefficient (Wildman–Crippen LogP) is 4.81. The molecule has 0 saturated carbocycles. The van der Waals surface area contributed by atoms with Crippen molar-refractivity contribution >= 4 is 27.3 Å². The average molecular weight is 449 g/mol. The molecule has 0 bridgehead atoms. The molecule has 1 aromatic carbocycles. The zero-order valence-corrected chi connectivity index (χ0v) is 20.1. The number of hydrogen-bond acceptors (Lipinski definition) is 4. The van der Waals surface area contributed by atoms with Crippen molar-refractivity contribution in [1.82, 2.24) is 9.62 Å². The summed E-state index contributed by atoms with van der Waals surface area (Å²) in [5.41, 5.74) is 2.07. The third kappa shape index (κ3) is 5.71. The molecule has 0 spiro atoms. The molecule has 1 saturated heterocycles. The maximum Gasteiger partial charge on any atom is 0.251 e. The van der Waals surface area contributed by atoms with E-state index < -0.39 is 15.6 Å². The molecule has 1 aliphatic rings. The van der Waals surface area contributed by atoms with Crippen molar-refractivity contribution < 1.29 is 13.2 Å². The smallest absolute Gasteiger partial charge is 0.251 e. The Morgan fingerprint density at radius 2 is 1.93 bits per heavy atom. The molecule has 2 heterocycles. The van der Waals surface area contributed by atoms with Crippen LogP contribution in [0.4, 0.5) is 0 Å². The van der Waals surface area contributed by atoms with Crippen LogP contribution in [0.5, 0.6) is 0 Å². The van der Waals surface area contributed by atoms with E-state index >= 15 is 0 Å². The van der Waals surface area contributed by atoms with Crippen molar-refractivity contribution in [3.63, 3.8) is 0 Å². The summed E-state index contributed by atoms with van der Waals surface area (Å²) in [6, 6.07) is 9.92. The Balaban J connectivity index is 2.01. The van der Waals surface area contributed by atoms with Crippen molar-refractivity contribution in [1.29, 1.82) is 0 Å². The minimum Gasteiger partial charge on any atom is -0.338 e. The molecule has 0 radical (unpaired) electrons. The van der Waals surface area contributed by atoms with Crippen molar-refractivity contribution in [2.24, 2.45) is 5.92 Å². The van der Waals surface area contributed by atoms with Crippen LogP contribution in [0.1, 0.15) is 57.9 Å². The fourth-order valence-corrected chi connectivity index (χ4v) is 7.07. The van der Waals surface area contributed by atoms with Crippen LogP contribution in [0.15, 0.2) is 34.5 Å². The number of nitrogens with one attached hydrogen (secondary N) is 1. The minimum absolute atomic E-state index is 0.188. The SMILES string of the molecule is CC(C)Cc1cc(-c2cccc(CN3CCCC3=O)c2)c(S(=O)(=O)NC(C)(C)C)s1. The van der Waals surface area contributed by atoms with Crippen LogP contribution in [0, 0.1) is 5.92 Å². The standard InChI is InChI=1S/C23H32N2O3S2/c1-16(2)12-19-14-20(22(29-19)30(27,28)24-23(3,4)5)18-9-6-8-17(13-18)15-25-11-7-10-21(25)26/h6,8-9,13-14,16,24H,7,10-12,15H2,1-5H3. The van der Waals surface area contributed by atoms with E-state index in [0.717, 1.165) is 41.0 Å². The number of carbonyl (C=O) groups is 1. The summed E-state index contributed by atoms with van der Waals surface area (Å²) >= 11 is 1.35. The van der Waals surface area contributed by atoms with E-state index in [2.05, 4.69) is 18.6 Å². The highest BCUT2D eigenvalue weighted by molar-refractivity contribution is 7.91. The van der Waals surface area contributed by atoms with Gasteiger partial charge in [0.25, 0.3) is 10.0 Å². The first kappa shape index (κ1) is 23.0. The lowest BCUT2D eigenvalue weighted by atomic mass is 10.0. The molecule has 1 aromatic heterocycles. The quantitative estimate of drug-likeness (QED) is 0.661. The van der Waals surface area contributed by atoms with Gasteiger partial charge >= 0.3 is 0 Å². The van der Waals surface area contributed by atoms with Gasteiger partial charge in [0.05, 0.1) is 0 Å². The number of hydrogen-bond donors (Lipinski definition) is 1. The summed E-state index contributed by atoms with van der Waals surface area (Å²) in [6.45, 7) is 11.2. The summed E-state index contributed by atoms with van der Waals surface area (Å²) in [5, 5.41) is 0. The van der Waals surface area contributed by atoms with Crippen molar-refractivity contribution in [3.8, 4) is 11.1 Å². The topological polar surface area (TPSA) is 66.5 Å². The number of likely N-dealkylation sites (tertiary alicyclic amines) is 1. The summed E-state index contributed by atoms with van der Waals surface area (Å²) < 4.78 is 29.5. The second kappa shape index (κ2) is 8.81. The fourth-order valence-electron chi connectivity index (χ4n) is 3.71. The number of rotatable bonds is 7. The van der Waals surface area contributed by atoms with Gasteiger partial charge in [-0.3, -0.25) is 4.79 Å². The molecular weight excluding hydrogens is 416 g/mol. The van der Waals surface area contributed by atoms with E-state index in [-0.39, 0.29) is 5.91 Å². The molecule has 1 aliphatic heterocycles. The highest BCUT2D eigenvalue weighted by Gasteiger charge is 2.28. The lowest BCUT2D eigenvalue weighted by molar-refractivity contribution is -0.128. The normalized spacial score (nSPS) is 15.4. The molecule has 1 N–H and O–H groups in total. The first-order valence-corrected chi connectivity index (χ1v) is 12.8.